The summed E-state index contributed by atoms with van der Waals surface area (Å²) in [6.45, 7) is -0.328. The molecule has 6 heteroatoms. The molecule has 1 atom stereocenters. The Kier molecular flexibility index (Phi) is 3.69. The van der Waals surface area contributed by atoms with Crippen LogP contribution in [0.2, 0.25) is 0 Å². The number of rotatable bonds is 4. The molecule has 2 aliphatic rings. The summed E-state index contributed by atoms with van der Waals surface area (Å²) >= 11 is 0. The van der Waals surface area contributed by atoms with E-state index in [9.17, 15) is 9.59 Å². The van der Waals surface area contributed by atoms with Gasteiger partial charge in [-0.15, -0.1) is 0 Å². The lowest BCUT2D eigenvalue weighted by Gasteiger charge is -2.15. The number of carboxylic acids is 1. The Labute approximate surface area is 123 Å². The summed E-state index contributed by atoms with van der Waals surface area (Å²) in [6.07, 6.45) is 11.6. The second-order valence-electron chi connectivity index (χ2n) is 6.28. The van der Waals surface area contributed by atoms with Crippen molar-refractivity contribution in [3.05, 3.63) is 22.7 Å². The van der Waals surface area contributed by atoms with E-state index in [0.717, 1.165) is 6.42 Å². The number of hydrogen-bond donors (Lipinski definition) is 2. The minimum Gasteiger partial charge on any atom is -0.480 e. The van der Waals surface area contributed by atoms with Crippen molar-refractivity contribution in [1.29, 1.82) is 0 Å². The number of nitrogens with zero attached hydrogens (tertiary/aromatic N) is 2. The number of anilines is 1. The molecule has 0 amide bonds. The van der Waals surface area contributed by atoms with Crippen molar-refractivity contribution >= 4 is 11.8 Å². The van der Waals surface area contributed by atoms with Gasteiger partial charge in [0.2, 0.25) is 0 Å². The molecule has 2 aliphatic carbocycles. The van der Waals surface area contributed by atoms with E-state index >= 15 is 0 Å². The van der Waals surface area contributed by atoms with Crippen LogP contribution in [0.25, 0.3) is 0 Å². The quantitative estimate of drug-likeness (QED) is 0.884. The number of carboxylic acid groups (broad SMARTS) is 1. The minimum absolute atomic E-state index is 0.282. The standard InChI is InChI=1S/C15H21N3O3/c19-12(20)10-18-8-7-16-13(14(18)21)17-11-9-15(11)5-3-1-2-4-6-15/h7-8,11H,1-6,9-10H2,(H,16,17)(H,19,20). The fraction of sp³-hybridized carbons (Fsp3) is 0.667. The van der Waals surface area contributed by atoms with E-state index in [4.69, 9.17) is 5.11 Å². The number of nitrogens with one attached hydrogen (secondary N) is 1. The van der Waals surface area contributed by atoms with Crippen molar-refractivity contribution in [2.75, 3.05) is 5.32 Å². The molecule has 6 nitrogen and oxygen atoms in total. The van der Waals surface area contributed by atoms with Gasteiger partial charge in [0.15, 0.2) is 5.82 Å². The summed E-state index contributed by atoms with van der Waals surface area (Å²) in [4.78, 5) is 27.0. The van der Waals surface area contributed by atoms with Crippen molar-refractivity contribution in [3.8, 4) is 0 Å². The van der Waals surface area contributed by atoms with Gasteiger partial charge in [-0.25, -0.2) is 4.98 Å². The van der Waals surface area contributed by atoms with E-state index in [0.29, 0.717) is 11.5 Å². The summed E-state index contributed by atoms with van der Waals surface area (Å²) in [5, 5.41) is 12.1. The molecule has 2 N–H and O–H groups in total. The fourth-order valence-electron chi connectivity index (χ4n) is 3.52. The van der Waals surface area contributed by atoms with E-state index in [2.05, 4.69) is 10.3 Å². The zero-order valence-electron chi connectivity index (χ0n) is 12.0. The highest BCUT2D eigenvalue weighted by Gasteiger charge is 2.53. The van der Waals surface area contributed by atoms with Crippen LogP contribution in [-0.2, 0) is 11.3 Å². The third-order valence-electron chi connectivity index (χ3n) is 4.82. The van der Waals surface area contributed by atoms with Gasteiger partial charge >= 0.3 is 5.97 Å². The summed E-state index contributed by atoms with van der Waals surface area (Å²) in [7, 11) is 0. The smallest absolute Gasteiger partial charge is 0.323 e. The Balaban J connectivity index is 1.71. The van der Waals surface area contributed by atoms with Crippen LogP contribution < -0.4 is 10.9 Å². The molecule has 0 aliphatic heterocycles. The van der Waals surface area contributed by atoms with Crippen LogP contribution >= 0.6 is 0 Å². The first-order valence-electron chi connectivity index (χ1n) is 7.64. The topological polar surface area (TPSA) is 84.2 Å². The van der Waals surface area contributed by atoms with Gasteiger partial charge in [-0.2, -0.15) is 0 Å². The first kappa shape index (κ1) is 14.1. The normalized spacial score (nSPS) is 23.5. The monoisotopic (exact) mass is 291 g/mol. The maximum Gasteiger partial charge on any atom is 0.323 e. The third kappa shape index (κ3) is 2.94. The van der Waals surface area contributed by atoms with Gasteiger partial charge in [-0.1, -0.05) is 25.7 Å². The van der Waals surface area contributed by atoms with E-state index in [1.807, 2.05) is 0 Å². The first-order chi connectivity index (χ1) is 10.1. The van der Waals surface area contributed by atoms with Crippen LogP contribution in [-0.4, -0.2) is 26.7 Å². The average molecular weight is 291 g/mol. The van der Waals surface area contributed by atoms with Crippen LogP contribution in [0.1, 0.15) is 44.9 Å². The molecule has 1 aromatic heterocycles. The number of aromatic nitrogens is 2. The zero-order chi connectivity index (χ0) is 14.9. The van der Waals surface area contributed by atoms with Crippen LogP contribution in [0.3, 0.4) is 0 Å². The predicted molar refractivity (Wildman–Crippen MR) is 78.3 cm³/mol. The lowest BCUT2D eigenvalue weighted by Crippen LogP contribution is -2.28. The molecule has 1 unspecified atom stereocenters. The predicted octanol–water partition coefficient (Wildman–Crippen LogP) is 1.85. The molecule has 1 aromatic rings. The summed E-state index contributed by atoms with van der Waals surface area (Å²) in [6, 6.07) is 0.316. The van der Waals surface area contributed by atoms with Gasteiger partial charge in [0.25, 0.3) is 5.56 Å². The molecular formula is C15H21N3O3. The van der Waals surface area contributed by atoms with Gasteiger partial charge in [0.05, 0.1) is 0 Å². The van der Waals surface area contributed by atoms with Crippen LogP contribution in [0, 0.1) is 5.41 Å². The molecule has 1 heterocycles. The minimum atomic E-state index is -1.03. The summed E-state index contributed by atoms with van der Waals surface area (Å²) < 4.78 is 1.18. The molecular weight excluding hydrogens is 270 g/mol. The molecule has 0 bridgehead atoms. The second kappa shape index (κ2) is 5.50. The van der Waals surface area contributed by atoms with Crippen molar-refractivity contribution < 1.29 is 9.90 Å². The fourth-order valence-corrected chi connectivity index (χ4v) is 3.52. The Morgan fingerprint density at radius 1 is 1.38 bits per heavy atom. The summed E-state index contributed by atoms with van der Waals surface area (Å²) in [5.74, 6) is -0.745. The van der Waals surface area contributed by atoms with Gasteiger partial charge in [0, 0.05) is 18.4 Å². The lowest BCUT2D eigenvalue weighted by atomic mass is 9.96. The van der Waals surface area contributed by atoms with Gasteiger partial charge < -0.3 is 10.4 Å². The van der Waals surface area contributed by atoms with Gasteiger partial charge in [-0.05, 0) is 24.7 Å². The summed E-state index contributed by atoms with van der Waals surface area (Å²) in [5.41, 5.74) is -0.00600. The molecule has 3 rings (SSSR count). The molecule has 2 saturated carbocycles. The molecule has 114 valence electrons. The highest BCUT2D eigenvalue weighted by atomic mass is 16.4. The molecule has 1 spiro atoms. The molecule has 0 aromatic carbocycles. The van der Waals surface area contributed by atoms with E-state index in [1.165, 1.54) is 55.5 Å². The van der Waals surface area contributed by atoms with Crippen molar-refractivity contribution in [2.24, 2.45) is 5.41 Å². The number of aliphatic carboxylic acids is 1. The largest absolute Gasteiger partial charge is 0.480 e. The maximum atomic E-state index is 12.2. The van der Waals surface area contributed by atoms with E-state index < -0.39 is 5.97 Å². The Hall–Kier alpha value is -1.85. The van der Waals surface area contributed by atoms with Crippen LogP contribution in [0.15, 0.2) is 17.2 Å². The highest BCUT2D eigenvalue weighted by molar-refractivity contribution is 5.66. The van der Waals surface area contributed by atoms with Gasteiger partial charge in [0.1, 0.15) is 6.54 Å². The van der Waals surface area contributed by atoms with Crippen LogP contribution in [0.4, 0.5) is 5.82 Å². The van der Waals surface area contributed by atoms with Crippen LogP contribution in [0.5, 0.6) is 0 Å². The Bertz CT molecular complexity index is 588. The van der Waals surface area contributed by atoms with Crippen molar-refractivity contribution in [2.45, 2.75) is 57.5 Å². The molecule has 0 saturated heterocycles. The first-order valence-corrected chi connectivity index (χ1v) is 7.64. The van der Waals surface area contributed by atoms with Crippen molar-refractivity contribution in [1.82, 2.24) is 9.55 Å². The average Bonchev–Trinajstić information content (AvgIpc) is 3.17. The van der Waals surface area contributed by atoms with Crippen molar-refractivity contribution in [3.63, 3.8) is 0 Å². The Morgan fingerprint density at radius 3 is 2.76 bits per heavy atom. The van der Waals surface area contributed by atoms with E-state index in [-0.39, 0.29) is 17.9 Å². The van der Waals surface area contributed by atoms with E-state index in [1.54, 1.807) is 0 Å². The molecule has 2 fully saturated rings. The number of carbonyl (C=O) groups is 1. The maximum absolute atomic E-state index is 12.2. The SMILES string of the molecule is O=C(O)Cn1ccnc(NC2CC23CCCCCC3)c1=O. The second-order valence-corrected chi connectivity index (χ2v) is 6.28. The number of hydrogen-bond acceptors (Lipinski definition) is 4. The Morgan fingerprint density at radius 2 is 2.10 bits per heavy atom. The highest BCUT2D eigenvalue weighted by Crippen LogP contribution is 2.56. The zero-order valence-corrected chi connectivity index (χ0v) is 12.0. The molecule has 21 heavy (non-hydrogen) atoms. The molecule has 0 radical (unpaired) electrons. The van der Waals surface area contributed by atoms with Gasteiger partial charge in [-0.3, -0.25) is 14.2 Å². The lowest BCUT2D eigenvalue weighted by molar-refractivity contribution is -0.137. The third-order valence-corrected chi connectivity index (χ3v) is 4.82.